The van der Waals surface area contributed by atoms with Crippen molar-refractivity contribution >= 4 is 5.91 Å². The number of hydrogen-bond donors (Lipinski definition) is 2. The highest BCUT2D eigenvalue weighted by Gasteiger charge is 2.02. The molecule has 0 saturated heterocycles. The number of nitrogens with zero attached hydrogens (tertiary/aromatic N) is 1. The minimum atomic E-state index is -0.0674. The van der Waals surface area contributed by atoms with Crippen LogP contribution in [-0.2, 0) is 4.79 Å². The minimum absolute atomic E-state index is 0.0674. The van der Waals surface area contributed by atoms with Gasteiger partial charge in [0, 0.05) is 12.5 Å². The van der Waals surface area contributed by atoms with Gasteiger partial charge in [-0.2, -0.15) is 0 Å². The lowest BCUT2D eigenvalue weighted by Crippen LogP contribution is -2.29. The second-order valence-electron chi connectivity index (χ2n) is 3.95. The number of unbranched alkanes of at least 4 members (excludes halogenated alkanes) is 2. The number of nitrogens with one attached hydrogen (secondary N) is 1. The molecule has 0 aliphatic heterocycles. The van der Waals surface area contributed by atoms with Crippen LogP contribution < -0.4 is 11.3 Å². The van der Waals surface area contributed by atoms with Crippen molar-refractivity contribution in [2.24, 2.45) is 5.84 Å². The number of rotatable bonds is 7. The second kappa shape index (κ2) is 7.76. The lowest BCUT2D eigenvalue weighted by Gasteiger charge is -2.20. The number of nitrogens with two attached hydrogens (primary N) is 1. The van der Waals surface area contributed by atoms with Gasteiger partial charge in [0.25, 0.3) is 0 Å². The average molecular weight is 201 g/mol. The number of amides is 1. The molecule has 0 radical (unpaired) electrons. The molecule has 0 heterocycles. The van der Waals surface area contributed by atoms with Crippen LogP contribution >= 0.6 is 0 Å². The Labute approximate surface area is 86.8 Å². The van der Waals surface area contributed by atoms with Crippen molar-refractivity contribution < 1.29 is 4.79 Å². The summed E-state index contributed by atoms with van der Waals surface area (Å²) in [4.78, 5) is 13.1. The Balaban J connectivity index is 3.25. The Morgan fingerprint density at radius 2 is 2.00 bits per heavy atom. The molecule has 0 aromatic carbocycles. The standard InChI is InChI=1S/C10H23N3O/c1-9(2)13(3)8-6-4-5-7-10(14)12-11/h9H,4-8,11H2,1-3H3,(H,12,14). The number of carbonyl (C=O) groups excluding carboxylic acids is 1. The van der Waals surface area contributed by atoms with E-state index in [1.165, 1.54) is 0 Å². The maximum absolute atomic E-state index is 10.8. The first-order valence-electron chi connectivity index (χ1n) is 5.27. The molecule has 0 rings (SSSR count). The Kier molecular flexibility index (Phi) is 7.42. The summed E-state index contributed by atoms with van der Waals surface area (Å²) in [6.45, 7) is 5.46. The largest absolute Gasteiger partial charge is 0.304 e. The first kappa shape index (κ1) is 13.4. The van der Waals surface area contributed by atoms with Crippen molar-refractivity contribution in [3.8, 4) is 0 Å². The molecule has 0 aliphatic rings. The summed E-state index contributed by atoms with van der Waals surface area (Å²) in [6, 6.07) is 0.599. The maximum atomic E-state index is 10.8. The number of carbonyl (C=O) groups is 1. The van der Waals surface area contributed by atoms with Gasteiger partial charge >= 0.3 is 0 Å². The fourth-order valence-corrected chi connectivity index (χ4v) is 1.15. The fraction of sp³-hybridized carbons (Fsp3) is 0.900. The van der Waals surface area contributed by atoms with Crippen molar-refractivity contribution in [1.29, 1.82) is 0 Å². The fourth-order valence-electron chi connectivity index (χ4n) is 1.15. The smallest absolute Gasteiger partial charge is 0.233 e. The minimum Gasteiger partial charge on any atom is -0.304 e. The highest BCUT2D eigenvalue weighted by atomic mass is 16.2. The molecule has 0 atom stereocenters. The molecule has 0 unspecified atom stereocenters. The Morgan fingerprint density at radius 3 is 2.50 bits per heavy atom. The molecule has 14 heavy (non-hydrogen) atoms. The molecule has 0 aliphatic carbocycles. The highest BCUT2D eigenvalue weighted by molar-refractivity contribution is 5.74. The van der Waals surface area contributed by atoms with Crippen LogP contribution in [0.2, 0.25) is 0 Å². The van der Waals surface area contributed by atoms with E-state index in [4.69, 9.17) is 5.84 Å². The third-order valence-corrected chi connectivity index (χ3v) is 2.46. The van der Waals surface area contributed by atoms with Gasteiger partial charge in [-0.15, -0.1) is 0 Å². The van der Waals surface area contributed by atoms with Crippen molar-refractivity contribution in [3.63, 3.8) is 0 Å². The van der Waals surface area contributed by atoms with Gasteiger partial charge in [0.2, 0.25) is 5.91 Å². The van der Waals surface area contributed by atoms with Crippen LogP contribution in [-0.4, -0.2) is 30.4 Å². The molecule has 0 aromatic rings. The Bertz CT molecular complexity index is 159. The van der Waals surface area contributed by atoms with E-state index in [0.717, 1.165) is 25.8 Å². The van der Waals surface area contributed by atoms with E-state index in [9.17, 15) is 4.79 Å². The van der Waals surface area contributed by atoms with Gasteiger partial charge in [-0.05, 0) is 40.3 Å². The zero-order valence-corrected chi connectivity index (χ0v) is 9.55. The van der Waals surface area contributed by atoms with Gasteiger partial charge in [0.15, 0.2) is 0 Å². The van der Waals surface area contributed by atoms with Crippen LogP contribution in [0.15, 0.2) is 0 Å². The molecule has 0 aromatic heterocycles. The quantitative estimate of drug-likeness (QED) is 0.278. The summed E-state index contributed by atoms with van der Waals surface area (Å²) in [5.74, 6) is 4.90. The zero-order chi connectivity index (χ0) is 11.0. The van der Waals surface area contributed by atoms with E-state index in [2.05, 4.69) is 31.2 Å². The zero-order valence-electron chi connectivity index (χ0n) is 9.55. The summed E-state index contributed by atoms with van der Waals surface area (Å²) < 4.78 is 0. The summed E-state index contributed by atoms with van der Waals surface area (Å²) >= 11 is 0. The van der Waals surface area contributed by atoms with Crippen molar-refractivity contribution in [2.45, 2.75) is 45.6 Å². The Morgan fingerprint density at radius 1 is 1.36 bits per heavy atom. The molecule has 0 bridgehead atoms. The average Bonchev–Trinajstić information content (AvgIpc) is 2.16. The number of hydrazine groups is 1. The predicted molar refractivity (Wildman–Crippen MR) is 58.6 cm³/mol. The van der Waals surface area contributed by atoms with Crippen molar-refractivity contribution in [3.05, 3.63) is 0 Å². The predicted octanol–water partition coefficient (Wildman–Crippen LogP) is 0.877. The van der Waals surface area contributed by atoms with E-state index >= 15 is 0 Å². The first-order valence-corrected chi connectivity index (χ1v) is 5.27. The third kappa shape index (κ3) is 6.86. The molecule has 0 spiro atoms. The molecule has 1 amide bonds. The van der Waals surface area contributed by atoms with E-state index in [0.29, 0.717) is 12.5 Å². The van der Waals surface area contributed by atoms with Gasteiger partial charge in [0.05, 0.1) is 0 Å². The van der Waals surface area contributed by atoms with Crippen LogP contribution in [0.3, 0.4) is 0 Å². The summed E-state index contributed by atoms with van der Waals surface area (Å²) in [6.07, 6.45) is 3.70. The third-order valence-electron chi connectivity index (χ3n) is 2.46. The van der Waals surface area contributed by atoms with Crippen LogP contribution in [0.25, 0.3) is 0 Å². The van der Waals surface area contributed by atoms with Gasteiger partial charge in [-0.3, -0.25) is 10.2 Å². The van der Waals surface area contributed by atoms with Crippen molar-refractivity contribution in [2.75, 3.05) is 13.6 Å². The van der Waals surface area contributed by atoms with Gasteiger partial charge < -0.3 is 4.90 Å². The van der Waals surface area contributed by atoms with E-state index in [-0.39, 0.29) is 5.91 Å². The van der Waals surface area contributed by atoms with E-state index < -0.39 is 0 Å². The monoisotopic (exact) mass is 201 g/mol. The molecule has 84 valence electrons. The molecule has 0 fully saturated rings. The maximum Gasteiger partial charge on any atom is 0.233 e. The lowest BCUT2D eigenvalue weighted by atomic mass is 10.2. The van der Waals surface area contributed by atoms with Crippen LogP contribution in [0, 0.1) is 0 Å². The van der Waals surface area contributed by atoms with E-state index in [1.54, 1.807) is 0 Å². The topological polar surface area (TPSA) is 58.4 Å². The Hall–Kier alpha value is -0.610. The van der Waals surface area contributed by atoms with Gasteiger partial charge in [-0.25, -0.2) is 5.84 Å². The summed E-state index contributed by atoms with van der Waals surface area (Å²) in [5, 5.41) is 0. The SMILES string of the molecule is CC(C)N(C)CCCCCC(=O)NN. The first-order chi connectivity index (χ1) is 6.57. The molecule has 0 saturated carbocycles. The highest BCUT2D eigenvalue weighted by Crippen LogP contribution is 2.02. The lowest BCUT2D eigenvalue weighted by molar-refractivity contribution is -0.121. The van der Waals surface area contributed by atoms with Gasteiger partial charge in [-0.1, -0.05) is 6.42 Å². The molecular formula is C10H23N3O. The van der Waals surface area contributed by atoms with Gasteiger partial charge in [0.1, 0.15) is 0 Å². The normalized spacial score (nSPS) is 11.0. The summed E-state index contributed by atoms with van der Waals surface area (Å²) in [5.41, 5.74) is 2.13. The summed E-state index contributed by atoms with van der Waals surface area (Å²) in [7, 11) is 2.12. The molecule has 4 heteroatoms. The van der Waals surface area contributed by atoms with Crippen LogP contribution in [0.4, 0.5) is 0 Å². The molecule has 3 N–H and O–H groups in total. The van der Waals surface area contributed by atoms with Crippen LogP contribution in [0.1, 0.15) is 39.5 Å². The molecular weight excluding hydrogens is 178 g/mol. The number of hydrogen-bond acceptors (Lipinski definition) is 3. The second-order valence-corrected chi connectivity index (χ2v) is 3.95. The van der Waals surface area contributed by atoms with E-state index in [1.807, 2.05) is 0 Å². The van der Waals surface area contributed by atoms with Crippen LogP contribution in [0.5, 0.6) is 0 Å². The van der Waals surface area contributed by atoms with Crippen molar-refractivity contribution in [1.82, 2.24) is 10.3 Å². The molecule has 4 nitrogen and oxygen atoms in total.